The molecule has 9 nitrogen and oxygen atoms in total. The fraction of sp³-hybridized carbons (Fsp3) is 0. The van der Waals surface area contributed by atoms with Crippen LogP contribution in [0.2, 0.25) is 0 Å². The molecule has 0 N–H and O–H groups in total. The third-order valence-corrected chi connectivity index (χ3v) is 26.2. The Bertz CT molecular complexity index is 8030. The van der Waals surface area contributed by atoms with E-state index in [0.29, 0.717) is 101 Å². The van der Waals surface area contributed by atoms with Crippen molar-refractivity contribution in [1.29, 1.82) is 0 Å². The van der Waals surface area contributed by atoms with Crippen molar-refractivity contribution >= 4 is 170 Å². The molecule has 6 aliphatic rings. The monoisotopic (exact) mass is 1640 g/mol. The van der Waals surface area contributed by atoms with Gasteiger partial charge in [-0.1, -0.05) is 231 Å². The van der Waals surface area contributed by atoms with Crippen molar-refractivity contribution in [1.82, 2.24) is 13.7 Å². The van der Waals surface area contributed by atoms with Gasteiger partial charge in [0, 0.05) is 85.5 Å². The molecule has 6 aliphatic heterocycles. The molecule has 18 heteroatoms. The van der Waals surface area contributed by atoms with E-state index in [1.807, 2.05) is 212 Å². The number of rotatable bonds is 10. The van der Waals surface area contributed by atoms with Crippen LogP contribution >= 0.6 is 0 Å². The average molecular weight is 1640 g/mol. The highest BCUT2D eigenvalue weighted by Crippen LogP contribution is 2.54. The lowest BCUT2D eigenvalue weighted by Crippen LogP contribution is -2.65. The zero-order valence-electron chi connectivity index (χ0n) is 66.7. The molecule has 0 spiro atoms. The Morgan fingerprint density at radius 3 is 0.984 bits per heavy atom. The Morgan fingerprint density at radius 1 is 0.198 bits per heavy atom. The van der Waals surface area contributed by atoms with Crippen LogP contribution in [0.25, 0.3) is 83.5 Å². The Balaban J connectivity index is 0.795. The fourth-order valence-electron chi connectivity index (χ4n) is 21.2. The summed E-state index contributed by atoms with van der Waals surface area (Å²) in [6, 6.07) is 119. The highest BCUT2D eigenvalue weighted by molar-refractivity contribution is 7.04. The van der Waals surface area contributed by atoms with Gasteiger partial charge in [0.25, 0.3) is 20.1 Å². The topological polar surface area (TPSA) is 46.2 Å². The van der Waals surface area contributed by atoms with Crippen molar-refractivity contribution in [2.24, 2.45) is 0 Å². The summed E-state index contributed by atoms with van der Waals surface area (Å²) in [5.41, 5.74) is 19.0. The maximum atomic E-state index is 18.5. The summed E-state index contributed by atoms with van der Waals surface area (Å²) in [6.07, 6.45) is 0. The molecule has 0 saturated carbocycles. The molecule has 9 heterocycles. The van der Waals surface area contributed by atoms with E-state index in [-0.39, 0.29) is 17.1 Å². The standard InChI is InChI=1S/C108H62B3F6N7O2/c112-79-39-23-40-80(113)106(79)122-92-61-93-76(59-75(92)109-73-37-16-21-48-88(73)118(69-35-11-4-12-36-69)95-53-70(54-96(122)103(95)109)119-85-45-18-13-32-66(85)50-89(119)63-26-5-1-6-27-63)111-78-60-77-94(62-100(78)126-102-58-72(56-98(105(102)111)123(93)107-81(114)41-24-42-82(107)115)121-87-47-20-15-34-68(87)52-91(121)65-30-9-3-10-31-65)124(108-83(116)43-25-44-84(108)117)97-55-71(57-101-104(97)110(77)74-38-17-22-49-99(74)125-101)120-86-46-19-14-33-67(86)51-90(120)64-28-7-2-8-29-64/h1-62H. The Morgan fingerprint density at radius 2 is 0.532 bits per heavy atom. The maximum Gasteiger partial charge on any atom is 0.256 e. The second-order valence-electron chi connectivity index (χ2n) is 32.9. The molecule has 126 heavy (non-hydrogen) atoms. The molecule has 0 fully saturated rings. The molecule has 0 unspecified atom stereocenters. The molecule has 26 rings (SSSR count). The van der Waals surface area contributed by atoms with Gasteiger partial charge in [0.2, 0.25) is 0 Å². The first-order chi connectivity index (χ1) is 62.0. The summed E-state index contributed by atoms with van der Waals surface area (Å²) in [5.74, 6) is -3.58. The predicted molar refractivity (Wildman–Crippen MR) is 499 cm³/mol. The van der Waals surface area contributed by atoms with Crippen LogP contribution in [-0.4, -0.2) is 33.8 Å². The fourth-order valence-corrected chi connectivity index (χ4v) is 21.2. The molecule has 0 amide bonds. The third-order valence-electron chi connectivity index (χ3n) is 26.2. The first-order valence-corrected chi connectivity index (χ1v) is 42.0. The van der Waals surface area contributed by atoms with E-state index in [2.05, 4.69) is 128 Å². The summed E-state index contributed by atoms with van der Waals surface area (Å²) in [6.45, 7) is -2.38. The molecule has 3 aromatic heterocycles. The number of hydrogen-bond donors (Lipinski definition) is 0. The van der Waals surface area contributed by atoms with Gasteiger partial charge in [-0.2, -0.15) is 0 Å². The van der Waals surface area contributed by atoms with Gasteiger partial charge >= 0.3 is 0 Å². The summed E-state index contributed by atoms with van der Waals surface area (Å²) >= 11 is 0. The van der Waals surface area contributed by atoms with Gasteiger partial charge in [-0.05, 0) is 193 Å². The molecular formula is C108H62B3F6N7O2. The van der Waals surface area contributed by atoms with Crippen LogP contribution in [0.4, 0.5) is 94.6 Å². The van der Waals surface area contributed by atoms with Crippen LogP contribution in [0.3, 0.4) is 0 Å². The lowest BCUT2D eigenvalue weighted by Gasteiger charge is -2.46. The van der Waals surface area contributed by atoms with Gasteiger partial charge in [-0.25, -0.2) is 26.3 Å². The van der Waals surface area contributed by atoms with Crippen molar-refractivity contribution in [3.8, 4) is 73.8 Å². The number of nitrogens with zero attached hydrogens (tertiary/aromatic N) is 7. The summed E-state index contributed by atoms with van der Waals surface area (Å²) in [4.78, 5) is 7.23. The van der Waals surface area contributed by atoms with E-state index in [1.165, 1.54) is 54.6 Å². The third kappa shape index (κ3) is 10.4. The molecular weight excluding hydrogens is 1570 g/mol. The van der Waals surface area contributed by atoms with Gasteiger partial charge in [-0.3, -0.25) is 0 Å². The van der Waals surface area contributed by atoms with E-state index in [9.17, 15) is 0 Å². The molecule has 0 aliphatic carbocycles. The first kappa shape index (κ1) is 71.7. The van der Waals surface area contributed by atoms with Crippen LogP contribution in [0.15, 0.2) is 376 Å². The Hall–Kier alpha value is -16.1. The Kier molecular flexibility index (Phi) is 15.5. The van der Waals surface area contributed by atoms with E-state index in [1.54, 1.807) is 14.7 Å². The largest absolute Gasteiger partial charge is 0.458 e. The van der Waals surface area contributed by atoms with Crippen LogP contribution in [0.1, 0.15) is 0 Å². The lowest BCUT2D eigenvalue weighted by atomic mass is 9.29. The molecule has 17 aromatic carbocycles. The van der Waals surface area contributed by atoms with Crippen molar-refractivity contribution in [2.75, 3.05) is 19.6 Å². The number of halogens is 6. The minimum absolute atomic E-state index is 0.267. The average Bonchev–Trinajstić information content (AvgIpc) is 0.884. The van der Waals surface area contributed by atoms with Gasteiger partial charge in [0.15, 0.2) is 0 Å². The molecule has 0 saturated heterocycles. The van der Waals surface area contributed by atoms with Crippen molar-refractivity contribution in [2.45, 2.75) is 0 Å². The van der Waals surface area contributed by atoms with Gasteiger partial charge in [0.05, 0.1) is 50.7 Å². The van der Waals surface area contributed by atoms with Crippen LogP contribution in [-0.2, 0) is 0 Å². The predicted octanol–water partition coefficient (Wildman–Crippen LogP) is 22.2. The van der Waals surface area contributed by atoms with Crippen molar-refractivity contribution in [3.05, 3.63) is 411 Å². The second kappa shape index (κ2) is 27.2. The SMILES string of the molecule is Fc1cccc(F)c1N1c2cc3c(cc2B2c4ccccc4Oc4cc(-n5c(-c6ccccc6)cc6ccccc65)cc1c42)B1c2cc4c(cc2N(c2c(F)cccc2F)c2cc(-n5c(-c6ccccc6)cc6ccccc65)cc(c21)O3)N(c1c(F)cccc1F)c1cc(-n2c(-c3ccccc3)cc3ccccc32)cc2c1B4c1ccccc1N2c1ccccc1. The highest BCUT2D eigenvalue weighted by Gasteiger charge is 2.52. The van der Waals surface area contributed by atoms with Crippen LogP contribution in [0.5, 0.6) is 23.0 Å². The summed E-state index contributed by atoms with van der Waals surface area (Å²) < 4.78 is 132. The molecule has 20 aromatic rings. The molecule has 0 bridgehead atoms. The second-order valence-corrected chi connectivity index (χ2v) is 32.9. The van der Waals surface area contributed by atoms with E-state index >= 15 is 26.3 Å². The molecule has 592 valence electrons. The van der Waals surface area contributed by atoms with Crippen molar-refractivity contribution < 1.29 is 35.8 Å². The quantitative estimate of drug-likeness (QED) is 0.100. The van der Waals surface area contributed by atoms with Crippen molar-refractivity contribution in [3.63, 3.8) is 0 Å². The smallest absolute Gasteiger partial charge is 0.256 e. The van der Waals surface area contributed by atoms with Crippen LogP contribution in [0, 0.1) is 34.9 Å². The number of hydrogen-bond acceptors (Lipinski definition) is 6. The number of benzene rings is 17. The Labute approximate surface area is 719 Å². The van der Waals surface area contributed by atoms with Gasteiger partial charge in [-0.15, -0.1) is 0 Å². The maximum absolute atomic E-state index is 18.5. The van der Waals surface area contributed by atoms with Gasteiger partial charge in [0.1, 0.15) is 75.0 Å². The normalized spacial score (nSPS) is 13.3. The number of anilines is 12. The van der Waals surface area contributed by atoms with E-state index in [4.69, 9.17) is 9.47 Å². The number of ether oxygens (including phenoxy) is 2. The first-order valence-electron chi connectivity index (χ1n) is 42.0. The minimum atomic E-state index is -0.949. The summed E-state index contributed by atoms with van der Waals surface area (Å²) in [7, 11) is 0. The van der Waals surface area contributed by atoms with E-state index in [0.717, 1.165) is 99.9 Å². The van der Waals surface area contributed by atoms with Gasteiger partial charge < -0.3 is 42.8 Å². The highest BCUT2D eigenvalue weighted by atomic mass is 19.2. The van der Waals surface area contributed by atoms with E-state index < -0.39 is 60.7 Å². The number of fused-ring (bicyclic) bond motifs is 15. The molecule has 0 radical (unpaired) electrons. The molecule has 0 atom stereocenters. The number of aromatic nitrogens is 3. The zero-order valence-corrected chi connectivity index (χ0v) is 66.7. The summed E-state index contributed by atoms with van der Waals surface area (Å²) in [5, 5.41) is 2.83. The zero-order chi connectivity index (χ0) is 83.6. The lowest BCUT2D eigenvalue weighted by molar-refractivity contribution is 0.486. The minimum Gasteiger partial charge on any atom is -0.458 e. The van der Waals surface area contributed by atoms with Crippen LogP contribution < -0.4 is 78.2 Å². The number of para-hydroxylation sites is 9.